The number of aryl methyl sites for hydroxylation is 1. The summed E-state index contributed by atoms with van der Waals surface area (Å²) in [6, 6.07) is 3.81. The van der Waals surface area contributed by atoms with Gasteiger partial charge < -0.3 is 10.3 Å². The number of benzene rings is 1. The fraction of sp³-hybridized carbons (Fsp3) is 0.385. The van der Waals surface area contributed by atoms with E-state index in [1.165, 1.54) is 18.2 Å². The van der Waals surface area contributed by atoms with Crippen molar-refractivity contribution in [3.05, 3.63) is 40.7 Å². The topological polar surface area (TPSA) is 60.8 Å². The predicted octanol–water partition coefficient (Wildman–Crippen LogP) is 1.94. The van der Waals surface area contributed by atoms with Crippen molar-refractivity contribution in [3.8, 4) is 0 Å². The molecule has 1 fully saturated rings. The lowest BCUT2D eigenvalue weighted by molar-refractivity contribution is -0.260. The molecule has 0 bridgehead atoms. The summed E-state index contributed by atoms with van der Waals surface area (Å²) < 4.78 is 13.1. The summed E-state index contributed by atoms with van der Waals surface area (Å²) in [5.74, 6) is 1.25. The number of nitrogens with zero attached hydrogens (tertiary/aromatic N) is 1. The van der Waals surface area contributed by atoms with Crippen LogP contribution in [0.15, 0.2) is 23.8 Å². The Bertz CT molecular complexity index is 531. The molecule has 104 valence electrons. The number of hydrogen-bond acceptors (Lipinski definition) is 4. The highest BCUT2D eigenvalue weighted by Crippen LogP contribution is 2.38. The van der Waals surface area contributed by atoms with Crippen LogP contribution < -0.4 is 0 Å². The van der Waals surface area contributed by atoms with Crippen molar-refractivity contribution < 1.29 is 19.5 Å². The zero-order valence-corrected chi connectivity index (χ0v) is 11.2. The van der Waals surface area contributed by atoms with Crippen LogP contribution in [0, 0.1) is 12.7 Å². The molecular weight excluding hydrogens is 273 g/mol. The second-order valence-corrected chi connectivity index (χ2v) is 4.44. The van der Waals surface area contributed by atoms with Gasteiger partial charge in [0.2, 0.25) is 0 Å². The summed E-state index contributed by atoms with van der Waals surface area (Å²) >= 11 is 0. The average Bonchev–Trinajstić information content (AvgIpc) is 2.32. The second-order valence-electron chi connectivity index (χ2n) is 4.44. The molecule has 1 aromatic carbocycles. The smallest absolute Gasteiger partial charge is 0.199 e. The van der Waals surface area contributed by atoms with E-state index in [1.54, 1.807) is 12.9 Å². The van der Waals surface area contributed by atoms with E-state index in [4.69, 9.17) is 0 Å². The Hall–Kier alpha value is -1.23. The molecule has 1 atom stereocenters. The van der Waals surface area contributed by atoms with Crippen LogP contribution in [0.2, 0.25) is 0 Å². The maximum Gasteiger partial charge on any atom is 0.199 e. The van der Waals surface area contributed by atoms with Gasteiger partial charge in [-0.15, -0.1) is 12.4 Å². The molecule has 6 heteroatoms. The van der Waals surface area contributed by atoms with Gasteiger partial charge in [-0.3, -0.25) is 0 Å². The normalized spacial score (nSPS) is 23.7. The molecule has 1 unspecified atom stereocenters. The molecule has 1 aromatic rings. The highest BCUT2D eigenvalue weighted by molar-refractivity contribution is 5.85. The van der Waals surface area contributed by atoms with Crippen molar-refractivity contribution in [1.82, 2.24) is 5.06 Å². The summed E-state index contributed by atoms with van der Waals surface area (Å²) in [6.45, 7) is 1.85. The van der Waals surface area contributed by atoms with Crippen molar-refractivity contribution in [3.63, 3.8) is 0 Å². The lowest BCUT2D eigenvalue weighted by Gasteiger charge is -2.40. The first-order chi connectivity index (χ1) is 8.50. The van der Waals surface area contributed by atoms with Crippen LogP contribution >= 0.6 is 12.4 Å². The summed E-state index contributed by atoms with van der Waals surface area (Å²) in [4.78, 5) is 10.9. The molecular formula is C13H15ClFNO3. The lowest BCUT2D eigenvalue weighted by Crippen LogP contribution is -2.49. The second kappa shape index (κ2) is 5.82. The molecule has 2 rings (SSSR count). The molecule has 2 N–H and O–H groups in total. The lowest BCUT2D eigenvalue weighted by atomic mass is 9.86. The number of hydrogen-bond donors (Lipinski definition) is 2. The molecule has 1 saturated heterocycles. The van der Waals surface area contributed by atoms with Gasteiger partial charge in [0.05, 0.1) is 5.57 Å². The molecule has 0 amide bonds. The maximum absolute atomic E-state index is 13.1. The minimum atomic E-state index is -1.90. The van der Waals surface area contributed by atoms with Crippen molar-refractivity contribution in [2.75, 3.05) is 6.54 Å². The van der Waals surface area contributed by atoms with Gasteiger partial charge in [-0.25, -0.2) is 9.18 Å². The Morgan fingerprint density at radius 2 is 2.16 bits per heavy atom. The molecule has 1 aliphatic rings. The first kappa shape index (κ1) is 15.8. The van der Waals surface area contributed by atoms with Gasteiger partial charge >= 0.3 is 0 Å². The van der Waals surface area contributed by atoms with Crippen molar-refractivity contribution in [2.45, 2.75) is 25.5 Å². The van der Waals surface area contributed by atoms with E-state index in [9.17, 15) is 19.5 Å². The SMILES string of the molecule is Cc1cc(F)ccc1C1(O)C(=C=O)CCCN1O.Cl. The molecule has 0 spiro atoms. The summed E-state index contributed by atoms with van der Waals surface area (Å²) in [6.07, 6.45) is 0.914. The van der Waals surface area contributed by atoms with Gasteiger partial charge in [0.1, 0.15) is 11.8 Å². The van der Waals surface area contributed by atoms with E-state index in [1.807, 2.05) is 0 Å². The Kier molecular flexibility index (Phi) is 4.85. The quantitative estimate of drug-likeness (QED) is 0.775. The third-order valence-corrected chi connectivity index (χ3v) is 3.28. The molecule has 1 aliphatic heterocycles. The van der Waals surface area contributed by atoms with Crippen LogP contribution in [0.3, 0.4) is 0 Å². The van der Waals surface area contributed by atoms with Crippen LogP contribution in [-0.2, 0) is 10.5 Å². The zero-order chi connectivity index (χ0) is 13.3. The fourth-order valence-electron chi connectivity index (χ4n) is 2.34. The fourth-order valence-corrected chi connectivity index (χ4v) is 2.34. The third kappa shape index (κ3) is 2.56. The molecule has 0 radical (unpaired) electrons. The minimum Gasteiger partial charge on any atom is -0.366 e. The molecule has 19 heavy (non-hydrogen) atoms. The molecule has 0 aliphatic carbocycles. The third-order valence-electron chi connectivity index (χ3n) is 3.28. The van der Waals surface area contributed by atoms with Gasteiger partial charge in [-0.05, 0) is 37.5 Å². The number of carbonyl (C=O) groups excluding carboxylic acids is 1. The van der Waals surface area contributed by atoms with E-state index in [-0.39, 0.29) is 24.5 Å². The average molecular weight is 288 g/mol. The van der Waals surface area contributed by atoms with Gasteiger partial charge in [-0.1, -0.05) is 6.07 Å². The van der Waals surface area contributed by atoms with Crippen LogP contribution in [0.1, 0.15) is 24.0 Å². The standard InChI is InChI=1S/C13H14FNO3.ClH/c1-9-7-11(14)4-5-12(9)13(17)10(8-16)3-2-6-15(13)18;/h4-5,7,17-18H,2-3,6H2,1H3;1H. The maximum atomic E-state index is 13.1. The summed E-state index contributed by atoms with van der Waals surface area (Å²) in [5.41, 5.74) is -1.08. The largest absolute Gasteiger partial charge is 0.366 e. The van der Waals surface area contributed by atoms with Crippen LogP contribution in [0.5, 0.6) is 0 Å². The van der Waals surface area contributed by atoms with E-state index < -0.39 is 11.5 Å². The van der Waals surface area contributed by atoms with Gasteiger partial charge in [0.15, 0.2) is 5.72 Å². The number of aliphatic hydroxyl groups is 1. The molecule has 0 aromatic heterocycles. The summed E-state index contributed by atoms with van der Waals surface area (Å²) in [5, 5.41) is 21.2. The van der Waals surface area contributed by atoms with Gasteiger partial charge in [0, 0.05) is 12.1 Å². The highest BCUT2D eigenvalue weighted by atomic mass is 35.5. The van der Waals surface area contributed by atoms with Crippen molar-refractivity contribution >= 4 is 18.3 Å². The van der Waals surface area contributed by atoms with Crippen LogP contribution in [0.25, 0.3) is 0 Å². The van der Waals surface area contributed by atoms with E-state index >= 15 is 0 Å². The van der Waals surface area contributed by atoms with E-state index in [2.05, 4.69) is 0 Å². The Labute approximate surface area is 116 Å². The number of rotatable bonds is 1. The monoisotopic (exact) mass is 287 g/mol. The molecule has 4 nitrogen and oxygen atoms in total. The highest BCUT2D eigenvalue weighted by Gasteiger charge is 2.44. The van der Waals surface area contributed by atoms with Crippen molar-refractivity contribution in [1.29, 1.82) is 0 Å². The summed E-state index contributed by atoms with van der Waals surface area (Å²) in [7, 11) is 0. The minimum absolute atomic E-state index is 0. The van der Waals surface area contributed by atoms with E-state index in [0.29, 0.717) is 29.0 Å². The number of hydroxylamine groups is 2. The first-order valence-corrected chi connectivity index (χ1v) is 5.70. The number of piperidine rings is 1. The van der Waals surface area contributed by atoms with E-state index in [0.717, 1.165) is 0 Å². The molecule has 1 heterocycles. The van der Waals surface area contributed by atoms with Crippen LogP contribution in [-0.4, -0.2) is 27.9 Å². The number of halogens is 2. The first-order valence-electron chi connectivity index (χ1n) is 5.70. The molecule has 0 saturated carbocycles. The Morgan fingerprint density at radius 3 is 2.74 bits per heavy atom. The Balaban J connectivity index is 0.00000180. The predicted molar refractivity (Wildman–Crippen MR) is 69.2 cm³/mol. The van der Waals surface area contributed by atoms with Crippen molar-refractivity contribution in [2.24, 2.45) is 0 Å². The van der Waals surface area contributed by atoms with Gasteiger partial charge in [-0.2, -0.15) is 5.06 Å². The van der Waals surface area contributed by atoms with Crippen LogP contribution in [0.4, 0.5) is 4.39 Å². The zero-order valence-electron chi connectivity index (χ0n) is 10.4. The Morgan fingerprint density at radius 1 is 1.47 bits per heavy atom. The van der Waals surface area contributed by atoms with Gasteiger partial charge in [0.25, 0.3) is 0 Å².